The lowest BCUT2D eigenvalue weighted by atomic mass is 9.82. The molecule has 0 spiro atoms. The van der Waals surface area contributed by atoms with Crippen LogP contribution in [0, 0.1) is 0 Å². The van der Waals surface area contributed by atoms with Crippen LogP contribution < -0.4 is 11.1 Å². The maximum Gasteiger partial charge on any atom is 0.244 e. The molecule has 1 aromatic carbocycles. The summed E-state index contributed by atoms with van der Waals surface area (Å²) in [4.78, 5) is 12.4. The highest BCUT2D eigenvalue weighted by molar-refractivity contribution is 5.98. The molecular weight excluding hydrogens is 272 g/mol. The van der Waals surface area contributed by atoms with Crippen molar-refractivity contribution in [2.75, 3.05) is 5.32 Å². The highest BCUT2D eigenvalue weighted by Crippen LogP contribution is 2.29. The largest absolute Gasteiger partial charge is 0.324 e. The SMILES string of the molecule is Cl.NC1(C(=O)Nc2ccc3c(c2)CCC3)CCCCC1. The van der Waals surface area contributed by atoms with E-state index < -0.39 is 5.54 Å². The Morgan fingerprint density at radius 1 is 1.05 bits per heavy atom. The molecule has 3 N–H and O–H groups in total. The fourth-order valence-electron chi connectivity index (χ4n) is 3.31. The van der Waals surface area contributed by atoms with Crippen LogP contribution in [0.5, 0.6) is 0 Å². The van der Waals surface area contributed by atoms with E-state index in [9.17, 15) is 4.79 Å². The molecular formula is C16H23ClN2O. The van der Waals surface area contributed by atoms with E-state index in [0.717, 1.165) is 37.8 Å². The number of carbonyl (C=O) groups excluding carboxylic acids is 1. The third kappa shape index (κ3) is 2.99. The summed E-state index contributed by atoms with van der Waals surface area (Å²) in [6.45, 7) is 0. The van der Waals surface area contributed by atoms with Gasteiger partial charge in [0.15, 0.2) is 0 Å². The van der Waals surface area contributed by atoms with Crippen molar-refractivity contribution in [1.82, 2.24) is 0 Å². The van der Waals surface area contributed by atoms with E-state index in [0.29, 0.717) is 0 Å². The Morgan fingerprint density at radius 2 is 1.75 bits per heavy atom. The summed E-state index contributed by atoms with van der Waals surface area (Å²) in [6.07, 6.45) is 8.48. The lowest BCUT2D eigenvalue weighted by Crippen LogP contribution is -2.52. The summed E-state index contributed by atoms with van der Waals surface area (Å²) >= 11 is 0. The van der Waals surface area contributed by atoms with Gasteiger partial charge in [0.1, 0.15) is 0 Å². The Labute approximate surface area is 126 Å². The standard InChI is InChI=1S/C16H22N2O.ClH/c17-16(9-2-1-3-10-16)15(19)18-14-8-7-12-5-4-6-13(12)11-14;/h7-8,11H,1-6,9-10,17H2,(H,18,19);1H. The number of fused-ring (bicyclic) bond motifs is 1. The number of nitrogens with one attached hydrogen (secondary N) is 1. The zero-order chi connectivity index (χ0) is 13.3. The molecule has 1 saturated carbocycles. The number of benzene rings is 1. The van der Waals surface area contributed by atoms with Gasteiger partial charge in [-0.3, -0.25) is 4.79 Å². The van der Waals surface area contributed by atoms with E-state index in [1.807, 2.05) is 6.07 Å². The molecule has 1 fully saturated rings. The quantitative estimate of drug-likeness (QED) is 0.880. The van der Waals surface area contributed by atoms with Gasteiger partial charge >= 0.3 is 0 Å². The third-order valence-corrected chi connectivity index (χ3v) is 4.55. The summed E-state index contributed by atoms with van der Waals surface area (Å²) in [7, 11) is 0. The molecule has 0 saturated heterocycles. The van der Waals surface area contributed by atoms with Crippen molar-refractivity contribution >= 4 is 24.0 Å². The van der Waals surface area contributed by atoms with Gasteiger partial charge in [-0.25, -0.2) is 0 Å². The molecule has 2 aliphatic carbocycles. The highest BCUT2D eigenvalue weighted by Gasteiger charge is 2.35. The van der Waals surface area contributed by atoms with Crippen molar-refractivity contribution in [3.63, 3.8) is 0 Å². The average Bonchev–Trinajstić information content (AvgIpc) is 2.87. The summed E-state index contributed by atoms with van der Waals surface area (Å²) in [6, 6.07) is 6.27. The van der Waals surface area contributed by atoms with Crippen molar-refractivity contribution in [3.05, 3.63) is 29.3 Å². The smallest absolute Gasteiger partial charge is 0.244 e. The second-order valence-corrected chi connectivity index (χ2v) is 6.01. The normalized spacial score (nSPS) is 19.9. The summed E-state index contributed by atoms with van der Waals surface area (Å²) in [5, 5.41) is 3.02. The average molecular weight is 295 g/mol. The first-order valence-corrected chi connectivity index (χ1v) is 7.40. The first-order chi connectivity index (χ1) is 9.17. The van der Waals surface area contributed by atoms with Gasteiger partial charge in [-0.15, -0.1) is 12.4 Å². The van der Waals surface area contributed by atoms with Crippen LogP contribution in [-0.2, 0) is 17.6 Å². The number of nitrogens with two attached hydrogens (primary N) is 1. The van der Waals surface area contributed by atoms with Gasteiger partial charge in [0.2, 0.25) is 5.91 Å². The van der Waals surface area contributed by atoms with E-state index in [1.165, 1.54) is 30.4 Å². The van der Waals surface area contributed by atoms with Crippen LogP contribution in [-0.4, -0.2) is 11.4 Å². The van der Waals surface area contributed by atoms with Crippen molar-refractivity contribution in [2.45, 2.75) is 56.9 Å². The molecule has 4 heteroatoms. The van der Waals surface area contributed by atoms with Crippen LogP contribution >= 0.6 is 12.4 Å². The Bertz CT molecular complexity index is 495. The van der Waals surface area contributed by atoms with Crippen molar-refractivity contribution in [1.29, 1.82) is 0 Å². The predicted octanol–water partition coefficient (Wildman–Crippen LogP) is 3.20. The second kappa shape index (κ2) is 6.15. The van der Waals surface area contributed by atoms with Gasteiger partial charge < -0.3 is 11.1 Å². The molecule has 0 heterocycles. The molecule has 3 nitrogen and oxygen atoms in total. The zero-order valence-electron chi connectivity index (χ0n) is 11.8. The van der Waals surface area contributed by atoms with Crippen molar-refractivity contribution in [2.24, 2.45) is 5.73 Å². The maximum absolute atomic E-state index is 12.4. The Kier molecular flexibility index (Phi) is 4.71. The number of hydrogen-bond acceptors (Lipinski definition) is 2. The summed E-state index contributed by atoms with van der Waals surface area (Å²) in [5.41, 5.74) is 9.31. The number of halogens is 1. The van der Waals surface area contributed by atoms with Gasteiger partial charge in [-0.1, -0.05) is 25.3 Å². The number of anilines is 1. The van der Waals surface area contributed by atoms with Gasteiger partial charge in [0.25, 0.3) is 0 Å². The molecule has 0 unspecified atom stereocenters. The molecule has 0 aromatic heterocycles. The van der Waals surface area contributed by atoms with E-state index in [2.05, 4.69) is 17.4 Å². The van der Waals surface area contributed by atoms with Crippen LogP contribution in [0.1, 0.15) is 49.7 Å². The number of amides is 1. The fourth-order valence-corrected chi connectivity index (χ4v) is 3.31. The van der Waals surface area contributed by atoms with E-state index >= 15 is 0 Å². The summed E-state index contributed by atoms with van der Waals surface area (Å²) in [5.74, 6) is -0.00912. The van der Waals surface area contributed by atoms with Gasteiger partial charge in [0, 0.05) is 5.69 Å². The molecule has 1 aromatic rings. The van der Waals surface area contributed by atoms with E-state index in [4.69, 9.17) is 5.73 Å². The second-order valence-electron chi connectivity index (χ2n) is 6.01. The number of rotatable bonds is 2. The minimum atomic E-state index is -0.655. The van der Waals surface area contributed by atoms with E-state index in [1.54, 1.807) is 0 Å². The Hall–Kier alpha value is -1.06. The first kappa shape index (κ1) is 15.3. The predicted molar refractivity (Wildman–Crippen MR) is 84.3 cm³/mol. The third-order valence-electron chi connectivity index (χ3n) is 4.55. The van der Waals surface area contributed by atoms with Gasteiger partial charge in [-0.05, 0) is 55.4 Å². The summed E-state index contributed by atoms with van der Waals surface area (Å²) < 4.78 is 0. The molecule has 0 radical (unpaired) electrons. The van der Waals surface area contributed by atoms with E-state index in [-0.39, 0.29) is 18.3 Å². The molecule has 0 bridgehead atoms. The van der Waals surface area contributed by atoms with Gasteiger partial charge in [0.05, 0.1) is 5.54 Å². The number of carbonyl (C=O) groups is 1. The fraction of sp³-hybridized carbons (Fsp3) is 0.562. The molecule has 3 rings (SSSR count). The lowest BCUT2D eigenvalue weighted by molar-refractivity contribution is -0.122. The van der Waals surface area contributed by atoms with Crippen molar-refractivity contribution < 1.29 is 4.79 Å². The van der Waals surface area contributed by atoms with Crippen LogP contribution in [0.25, 0.3) is 0 Å². The van der Waals surface area contributed by atoms with Crippen LogP contribution in [0.15, 0.2) is 18.2 Å². The molecule has 20 heavy (non-hydrogen) atoms. The van der Waals surface area contributed by atoms with Crippen LogP contribution in [0.2, 0.25) is 0 Å². The Morgan fingerprint density at radius 3 is 2.50 bits per heavy atom. The van der Waals surface area contributed by atoms with Crippen LogP contribution in [0.3, 0.4) is 0 Å². The number of hydrogen-bond donors (Lipinski definition) is 2. The lowest BCUT2D eigenvalue weighted by Gasteiger charge is -2.31. The topological polar surface area (TPSA) is 55.1 Å². The molecule has 0 aliphatic heterocycles. The molecule has 110 valence electrons. The minimum Gasteiger partial charge on any atom is -0.324 e. The first-order valence-electron chi connectivity index (χ1n) is 7.40. The molecule has 0 atom stereocenters. The van der Waals surface area contributed by atoms with Crippen molar-refractivity contribution in [3.8, 4) is 0 Å². The highest BCUT2D eigenvalue weighted by atomic mass is 35.5. The zero-order valence-corrected chi connectivity index (χ0v) is 12.6. The Balaban J connectivity index is 0.00000147. The monoisotopic (exact) mass is 294 g/mol. The number of aryl methyl sites for hydroxylation is 2. The molecule has 2 aliphatic rings. The minimum absolute atomic E-state index is 0. The van der Waals surface area contributed by atoms with Gasteiger partial charge in [-0.2, -0.15) is 0 Å². The molecule has 1 amide bonds. The maximum atomic E-state index is 12.4. The van der Waals surface area contributed by atoms with Crippen LogP contribution in [0.4, 0.5) is 5.69 Å².